The van der Waals surface area contributed by atoms with Crippen molar-refractivity contribution < 1.29 is 14.0 Å². The fraction of sp³-hybridized carbons (Fsp3) is 0.524. The number of halogens is 1. The zero-order valence-corrected chi connectivity index (χ0v) is 17.3. The van der Waals surface area contributed by atoms with Crippen molar-refractivity contribution >= 4 is 23.2 Å². The van der Waals surface area contributed by atoms with E-state index in [1.165, 1.54) is 17.4 Å². The number of likely N-dealkylation sites (tertiary alicyclic amines) is 2. The van der Waals surface area contributed by atoms with Crippen molar-refractivity contribution in [1.29, 1.82) is 0 Å². The minimum atomic E-state index is -0.299. The molecule has 2 aliphatic rings. The number of piperidine rings is 2. The largest absolute Gasteiger partial charge is 0.343 e. The molecular formula is C21H25FN4O2S. The number of carbonyl (C=O) groups is 2. The van der Waals surface area contributed by atoms with Crippen molar-refractivity contribution in [2.75, 3.05) is 26.2 Å². The van der Waals surface area contributed by atoms with E-state index in [1.54, 1.807) is 25.1 Å². The van der Waals surface area contributed by atoms with Crippen LogP contribution in [-0.2, 0) is 9.59 Å². The summed E-state index contributed by atoms with van der Waals surface area (Å²) in [7, 11) is 0. The van der Waals surface area contributed by atoms with E-state index in [2.05, 4.69) is 10.2 Å². The number of benzene rings is 1. The lowest BCUT2D eigenvalue weighted by Crippen LogP contribution is -2.46. The van der Waals surface area contributed by atoms with E-state index in [0.717, 1.165) is 37.2 Å². The maximum Gasteiger partial charge on any atom is 0.225 e. The highest BCUT2D eigenvalue weighted by Crippen LogP contribution is 2.34. The van der Waals surface area contributed by atoms with E-state index < -0.39 is 0 Å². The van der Waals surface area contributed by atoms with Gasteiger partial charge < -0.3 is 9.80 Å². The average Bonchev–Trinajstić information content (AvgIpc) is 3.24. The summed E-state index contributed by atoms with van der Waals surface area (Å²) in [5.74, 6) is 0.107. The van der Waals surface area contributed by atoms with Crippen LogP contribution in [0.25, 0.3) is 10.6 Å². The molecule has 2 aromatic rings. The number of hydrogen-bond acceptors (Lipinski definition) is 5. The highest BCUT2D eigenvalue weighted by molar-refractivity contribution is 7.14. The van der Waals surface area contributed by atoms with Gasteiger partial charge in [0.2, 0.25) is 11.8 Å². The Hall–Kier alpha value is -2.35. The van der Waals surface area contributed by atoms with Gasteiger partial charge in [-0.1, -0.05) is 23.5 Å². The first kappa shape index (κ1) is 19.9. The summed E-state index contributed by atoms with van der Waals surface area (Å²) < 4.78 is 14.0. The topological polar surface area (TPSA) is 66.4 Å². The summed E-state index contributed by atoms with van der Waals surface area (Å²) >= 11 is 1.42. The molecule has 2 aliphatic heterocycles. The van der Waals surface area contributed by atoms with Gasteiger partial charge >= 0.3 is 0 Å². The van der Waals surface area contributed by atoms with Crippen molar-refractivity contribution in [1.82, 2.24) is 20.0 Å². The van der Waals surface area contributed by atoms with Crippen LogP contribution in [0.1, 0.15) is 43.5 Å². The summed E-state index contributed by atoms with van der Waals surface area (Å²) in [5, 5.41) is 9.96. The standard InChI is InChI=1S/C21H25FN4O2S/c1-14(27)25-11-8-15(9-12-25)21(28)26-10-4-5-16(13-26)19-23-24-20(29-19)17-6-2-3-7-18(17)22/h2-3,6-7,15-16H,4-5,8-13H2,1H3. The van der Waals surface area contributed by atoms with Gasteiger partial charge in [0.05, 0.1) is 0 Å². The van der Waals surface area contributed by atoms with Gasteiger partial charge in [-0.2, -0.15) is 0 Å². The van der Waals surface area contributed by atoms with E-state index in [4.69, 9.17) is 0 Å². The molecule has 0 spiro atoms. The van der Waals surface area contributed by atoms with Gasteiger partial charge in [0.15, 0.2) is 5.01 Å². The van der Waals surface area contributed by atoms with Crippen molar-refractivity contribution in [2.45, 2.75) is 38.5 Å². The fourth-order valence-electron chi connectivity index (χ4n) is 4.22. The second kappa shape index (κ2) is 8.57. The van der Waals surface area contributed by atoms with Crippen LogP contribution >= 0.6 is 11.3 Å². The lowest BCUT2D eigenvalue weighted by atomic mass is 9.92. The van der Waals surface area contributed by atoms with Crippen LogP contribution in [0.5, 0.6) is 0 Å². The van der Waals surface area contributed by atoms with Crippen LogP contribution in [0.4, 0.5) is 4.39 Å². The predicted molar refractivity (Wildman–Crippen MR) is 109 cm³/mol. The van der Waals surface area contributed by atoms with Crippen molar-refractivity contribution in [3.8, 4) is 10.6 Å². The summed E-state index contributed by atoms with van der Waals surface area (Å²) in [5.41, 5.74) is 0.470. The zero-order chi connectivity index (χ0) is 20.4. The van der Waals surface area contributed by atoms with Gasteiger partial charge in [-0.3, -0.25) is 9.59 Å². The average molecular weight is 417 g/mol. The monoisotopic (exact) mass is 416 g/mol. The third-order valence-corrected chi connectivity index (χ3v) is 7.04. The van der Waals surface area contributed by atoms with Crippen LogP contribution in [0, 0.1) is 11.7 Å². The van der Waals surface area contributed by atoms with Crippen LogP contribution in [0.2, 0.25) is 0 Å². The Kier molecular flexibility index (Phi) is 5.89. The number of hydrogen-bond donors (Lipinski definition) is 0. The molecule has 0 aliphatic carbocycles. The number of aromatic nitrogens is 2. The van der Waals surface area contributed by atoms with Crippen LogP contribution in [-0.4, -0.2) is 58.0 Å². The smallest absolute Gasteiger partial charge is 0.225 e. The molecule has 6 nitrogen and oxygen atoms in total. The molecule has 1 unspecified atom stereocenters. The molecule has 2 fully saturated rings. The molecule has 3 heterocycles. The van der Waals surface area contributed by atoms with E-state index in [0.29, 0.717) is 30.2 Å². The number of nitrogens with zero attached hydrogens (tertiary/aromatic N) is 4. The molecule has 2 saturated heterocycles. The summed E-state index contributed by atoms with van der Waals surface area (Å²) in [6.07, 6.45) is 3.35. The molecule has 1 aromatic heterocycles. The van der Waals surface area contributed by atoms with Crippen molar-refractivity contribution in [2.24, 2.45) is 5.92 Å². The normalized spacial score (nSPS) is 20.7. The molecule has 0 N–H and O–H groups in total. The molecule has 0 bridgehead atoms. The Labute approximate surface area is 173 Å². The molecule has 1 atom stereocenters. The first-order valence-corrected chi connectivity index (χ1v) is 11.0. The number of carbonyl (C=O) groups excluding carboxylic acids is 2. The third-order valence-electron chi connectivity index (χ3n) is 5.92. The third kappa shape index (κ3) is 4.32. The summed E-state index contributed by atoms with van der Waals surface area (Å²) in [6.45, 7) is 4.30. The minimum Gasteiger partial charge on any atom is -0.343 e. The number of rotatable bonds is 3. The fourth-order valence-corrected chi connectivity index (χ4v) is 5.22. The summed E-state index contributed by atoms with van der Waals surface area (Å²) in [6, 6.07) is 6.59. The van der Waals surface area contributed by atoms with Gasteiger partial charge in [0.1, 0.15) is 10.8 Å². The molecule has 2 amide bonds. The minimum absolute atomic E-state index is 0.00672. The van der Waals surface area contributed by atoms with E-state index in [9.17, 15) is 14.0 Å². The second-order valence-electron chi connectivity index (χ2n) is 7.83. The zero-order valence-electron chi connectivity index (χ0n) is 16.5. The quantitative estimate of drug-likeness (QED) is 0.770. The first-order valence-electron chi connectivity index (χ1n) is 10.2. The number of amides is 2. The van der Waals surface area contributed by atoms with Crippen molar-refractivity contribution in [3.63, 3.8) is 0 Å². The van der Waals surface area contributed by atoms with E-state index >= 15 is 0 Å². The molecule has 0 saturated carbocycles. The maximum absolute atomic E-state index is 14.0. The molecule has 1 aromatic carbocycles. The van der Waals surface area contributed by atoms with Gasteiger partial charge in [0, 0.05) is 50.5 Å². The summed E-state index contributed by atoms with van der Waals surface area (Å²) in [4.78, 5) is 28.3. The Morgan fingerprint density at radius 3 is 2.55 bits per heavy atom. The molecule has 4 rings (SSSR count). The highest BCUT2D eigenvalue weighted by Gasteiger charge is 2.33. The van der Waals surface area contributed by atoms with Gasteiger partial charge in [-0.25, -0.2) is 4.39 Å². The lowest BCUT2D eigenvalue weighted by molar-refractivity contribution is -0.141. The van der Waals surface area contributed by atoms with Crippen LogP contribution in [0.3, 0.4) is 0 Å². The Morgan fingerprint density at radius 1 is 1.07 bits per heavy atom. The van der Waals surface area contributed by atoms with Gasteiger partial charge in [0.25, 0.3) is 0 Å². The molecule has 0 radical (unpaired) electrons. The second-order valence-corrected chi connectivity index (χ2v) is 8.84. The molecule has 8 heteroatoms. The predicted octanol–water partition coefficient (Wildman–Crippen LogP) is 3.31. The van der Waals surface area contributed by atoms with Crippen molar-refractivity contribution in [3.05, 3.63) is 35.1 Å². The van der Waals surface area contributed by atoms with Crippen LogP contribution in [0.15, 0.2) is 24.3 Å². The first-order chi connectivity index (χ1) is 14.0. The van der Waals surface area contributed by atoms with E-state index in [1.807, 2.05) is 9.80 Å². The maximum atomic E-state index is 14.0. The Balaban J connectivity index is 1.41. The van der Waals surface area contributed by atoms with Gasteiger partial charge in [-0.05, 0) is 37.8 Å². The molecule has 154 valence electrons. The lowest BCUT2D eigenvalue weighted by Gasteiger charge is -2.37. The van der Waals surface area contributed by atoms with Gasteiger partial charge in [-0.15, -0.1) is 10.2 Å². The Morgan fingerprint density at radius 2 is 1.83 bits per heavy atom. The highest BCUT2D eigenvalue weighted by atomic mass is 32.1. The Bertz CT molecular complexity index is 894. The molecular weight excluding hydrogens is 391 g/mol. The SMILES string of the molecule is CC(=O)N1CCC(C(=O)N2CCCC(c3nnc(-c4ccccc4F)s3)C2)CC1. The molecule has 29 heavy (non-hydrogen) atoms. The van der Waals surface area contributed by atoms with Crippen LogP contribution < -0.4 is 0 Å². The van der Waals surface area contributed by atoms with E-state index in [-0.39, 0.29) is 29.5 Å².